The molecule has 4 heteroatoms. The molecule has 0 aliphatic heterocycles. The van der Waals surface area contributed by atoms with Gasteiger partial charge in [-0.05, 0) is 35.8 Å². The summed E-state index contributed by atoms with van der Waals surface area (Å²) in [6.45, 7) is 7.52. The van der Waals surface area contributed by atoms with E-state index in [-0.39, 0.29) is 12.5 Å². The van der Waals surface area contributed by atoms with Crippen LogP contribution in [0.25, 0.3) is 5.52 Å². The molecule has 2 aromatic heterocycles. The van der Waals surface area contributed by atoms with E-state index in [0.29, 0.717) is 11.8 Å². The Balaban J connectivity index is 2.26. The number of methoxy groups -OCH3 is 1. The van der Waals surface area contributed by atoms with Gasteiger partial charge >= 0.3 is 0 Å². The number of imidazole rings is 1. The number of rotatable bonds is 8. The number of fused-ring (bicyclic) bond motifs is 1. The number of aliphatic hydroxyl groups is 1. The molecule has 1 N–H and O–H groups in total. The summed E-state index contributed by atoms with van der Waals surface area (Å²) in [5.74, 6) is 2.13. The second-order valence-corrected chi connectivity index (χ2v) is 6.41. The lowest BCUT2D eigenvalue weighted by molar-refractivity contribution is 0.169. The Labute approximate surface area is 133 Å². The largest absolute Gasteiger partial charge is 0.396 e. The number of nitrogens with zero attached hydrogens (tertiary/aromatic N) is 2. The van der Waals surface area contributed by atoms with E-state index in [9.17, 15) is 5.11 Å². The number of hydrogen-bond acceptors (Lipinski definition) is 3. The second kappa shape index (κ2) is 7.75. The molecule has 22 heavy (non-hydrogen) atoms. The molecule has 4 nitrogen and oxygen atoms in total. The molecule has 2 unspecified atom stereocenters. The minimum atomic E-state index is 0.224. The van der Waals surface area contributed by atoms with Gasteiger partial charge in [0.2, 0.25) is 0 Å². The third-order valence-electron chi connectivity index (χ3n) is 4.61. The zero-order valence-corrected chi connectivity index (χ0v) is 14.1. The summed E-state index contributed by atoms with van der Waals surface area (Å²) < 4.78 is 7.30. The Bertz CT molecular complexity index is 592. The van der Waals surface area contributed by atoms with Crippen molar-refractivity contribution in [3.05, 3.63) is 35.9 Å². The number of pyridine rings is 1. The van der Waals surface area contributed by atoms with Crippen molar-refractivity contribution in [3.63, 3.8) is 0 Å². The van der Waals surface area contributed by atoms with Crippen LogP contribution in [0.5, 0.6) is 0 Å². The third-order valence-corrected chi connectivity index (χ3v) is 4.61. The van der Waals surface area contributed by atoms with Gasteiger partial charge in [-0.15, -0.1) is 0 Å². The van der Waals surface area contributed by atoms with Crippen LogP contribution in [0.2, 0.25) is 0 Å². The van der Waals surface area contributed by atoms with E-state index in [0.717, 1.165) is 30.8 Å². The third kappa shape index (κ3) is 3.68. The van der Waals surface area contributed by atoms with Crippen LogP contribution in [0.3, 0.4) is 0 Å². The van der Waals surface area contributed by atoms with Crippen molar-refractivity contribution in [2.75, 3.05) is 20.3 Å². The quantitative estimate of drug-likeness (QED) is 0.761. The van der Waals surface area contributed by atoms with Crippen molar-refractivity contribution in [2.45, 2.75) is 39.5 Å². The van der Waals surface area contributed by atoms with E-state index < -0.39 is 0 Å². The number of ether oxygens (including phenoxy) is 1. The standard InChI is InChI=1S/C18H28N2O2/c1-13(2)17(12-21)14(3)15-7-8-16-10-19-18(20(16)11-15)6-5-9-22-4/h7-8,10-11,13-14,17,21H,5-6,9,12H2,1-4H3. The Morgan fingerprint density at radius 2 is 2.05 bits per heavy atom. The maximum absolute atomic E-state index is 9.67. The van der Waals surface area contributed by atoms with Gasteiger partial charge in [-0.2, -0.15) is 0 Å². The summed E-state index contributed by atoms with van der Waals surface area (Å²) >= 11 is 0. The van der Waals surface area contributed by atoms with E-state index >= 15 is 0 Å². The molecule has 0 spiro atoms. The van der Waals surface area contributed by atoms with Crippen LogP contribution in [0.15, 0.2) is 24.5 Å². The summed E-state index contributed by atoms with van der Waals surface area (Å²) in [6.07, 6.45) is 5.98. The molecule has 0 saturated carbocycles. The lowest BCUT2D eigenvalue weighted by Gasteiger charge is -2.26. The molecule has 0 amide bonds. The molecular formula is C18H28N2O2. The van der Waals surface area contributed by atoms with Gasteiger partial charge in [-0.25, -0.2) is 4.98 Å². The number of hydrogen-bond donors (Lipinski definition) is 1. The summed E-state index contributed by atoms with van der Waals surface area (Å²) in [4.78, 5) is 4.53. The molecule has 2 heterocycles. The molecule has 2 aromatic rings. The Hall–Kier alpha value is -1.39. The highest BCUT2D eigenvalue weighted by atomic mass is 16.5. The van der Waals surface area contributed by atoms with Gasteiger partial charge in [-0.3, -0.25) is 0 Å². The van der Waals surface area contributed by atoms with Crippen LogP contribution in [-0.4, -0.2) is 34.8 Å². The first-order valence-corrected chi connectivity index (χ1v) is 8.14. The first-order chi connectivity index (χ1) is 10.6. The average Bonchev–Trinajstić information content (AvgIpc) is 2.90. The number of aryl methyl sites for hydroxylation is 1. The second-order valence-electron chi connectivity index (χ2n) is 6.41. The van der Waals surface area contributed by atoms with Crippen molar-refractivity contribution in [1.82, 2.24) is 9.38 Å². The van der Waals surface area contributed by atoms with Gasteiger partial charge in [0.25, 0.3) is 0 Å². The highest BCUT2D eigenvalue weighted by molar-refractivity contribution is 5.47. The summed E-state index contributed by atoms with van der Waals surface area (Å²) in [5, 5.41) is 9.67. The van der Waals surface area contributed by atoms with Crippen LogP contribution in [0.4, 0.5) is 0 Å². The molecule has 0 aliphatic rings. The maximum atomic E-state index is 9.67. The minimum Gasteiger partial charge on any atom is -0.396 e. The molecular weight excluding hydrogens is 276 g/mol. The van der Waals surface area contributed by atoms with Crippen molar-refractivity contribution in [3.8, 4) is 0 Å². The van der Waals surface area contributed by atoms with E-state index in [4.69, 9.17) is 4.74 Å². The predicted octanol–water partition coefficient (Wildman–Crippen LogP) is 3.28. The lowest BCUT2D eigenvalue weighted by atomic mass is 9.81. The number of aliphatic hydroxyl groups excluding tert-OH is 1. The first kappa shape index (κ1) is 17.0. The van der Waals surface area contributed by atoms with E-state index in [1.165, 1.54) is 5.56 Å². The highest BCUT2D eigenvalue weighted by Gasteiger charge is 2.22. The highest BCUT2D eigenvalue weighted by Crippen LogP contribution is 2.30. The van der Waals surface area contributed by atoms with Crippen molar-refractivity contribution in [1.29, 1.82) is 0 Å². The summed E-state index contributed by atoms with van der Waals surface area (Å²) in [6, 6.07) is 4.28. The number of aromatic nitrogens is 2. The summed E-state index contributed by atoms with van der Waals surface area (Å²) in [7, 11) is 1.73. The van der Waals surface area contributed by atoms with Gasteiger partial charge in [-0.1, -0.05) is 26.8 Å². The van der Waals surface area contributed by atoms with Gasteiger partial charge in [0.15, 0.2) is 0 Å². The Morgan fingerprint density at radius 1 is 1.27 bits per heavy atom. The van der Waals surface area contributed by atoms with Gasteiger partial charge < -0.3 is 14.2 Å². The van der Waals surface area contributed by atoms with Gasteiger partial charge in [0, 0.05) is 32.9 Å². The fourth-order valence-corrected chi connectivity index (χ4v) is 3.08. The van der Waals surface area contributed by atoms with Crippen LogP contribution >= 0.6 is 0 Å². The average molecular weight is 304 g/mol. The van der Waals surface area contributed by atoms with Crippen LogP contribution in [-0.2, 0) is 11.2 Å². The van der Waals surface area contributed by atoms with E-state index in [1.54, 1.807) is 7.11 Å². The van der Waals surface area contributed by atoms with Crippen LogP contribution in [0.1, 0.15) is 44.5 Å². The molecule has 2 atom stereocenters. The van der Waals surface area contributed by atoms with Crippen molar-refractivity contribution < 1.29 is 9.84 Å². The van der Waals surface area contributed by atoms with Crippen molar-refractivity contribution in [2.24, 2.45) is 11.8 Å². The monoisotopic (exact) mass is 304 g/mol. The normalized spacial score (nSPS) is 14.6. The lowest BCUT2D eigenvalue weighted by Crippen LogP contribution is -2.20. The predicted molar refractivity (Wildman–Crippen MR) is 89.2 cm³/mol. The molecule has 0 fully saturated rings. The first-order valence-electron chi connectivity index (χ1n) is 8.14. The topological polar surface area (TPSA) is 46.8 Å². The molecule has 0 bridgehead atoms. The van der Waals surface area contributed by atoms with Crippen molar-refractivity contribution >= 4 is 5.52 Å². The molecule has 0 radical (unpaired) electrons. The summed E-state index contributed by atoms with van der Waals surface area (Å²) in [5.41, 5.74) is 2.37. The zero-order chi connectivity index (χ0) is 16.1. The molecule has 0 aliphatic carbocycles. The Morgan fingerprint density at radius 3 is 2.68 bits per heavy atom. The van der Waals surface area contributed by atoms with E-state index in [2.05, 4.69) is 48.5 Å². The van der Waals surface area contributed by atoms with Gasteiger partial charge in [0.1, 0.15) is 5.82 Å². The smallest absolute Gasteiger partial charge is 0.113 e. The molecule has 0 saturated heterocycles. The Kier molecular flexibility index (Phi) is 5.98. The van der Waals surface area contributed by atoms with Crippen LogP contribution < -0.4 is 0 Å². The maximum Gasteiger partial charge on any atom is 0.113 e. The fraction of sp³-hybridized carbons (Fsp3) is 0.611. The zero-order valence-electron chi connectivity index (χ0n) is 14.1. The van der Waals surface area contributed by atoms with E-state index in [1.807, 2.05) is 6.20 Å². The molecule has 0 aromatic carbocycles. The molecule has 122 valence electrons. The van der Waals surface area contributed by atoms with Gasteiger partial charge in [0.05, 0.1) is 11.7 Å². The SMILES string of the molecule is COCCCc1ncc2ccc(C(C)C(CO)C(C)C)cn12. The minimum absolute atomic E-state index is 0.224. The fourth-order valence-electron chi connectivity index (χ4n) is 3.08. The molecule has 2 rings (SSSR count). The van der Waals surface area contributed by atoms with Crippen LogP contribution in [0, 0.1) is 11.8 Å².